The van der Waals surface area contributed by atoms with Gasteiger partial charge in [0.25, 0.3) is 0 Å². The van der Waals surface area contributed by atoms with Crippen LogP contribution in [0.3, 0.4) is 0 Å². The molecule has 2 aliphatic rings. The van der Waals surface area contributed by atoms with E-state index in [4.69, 9.17) is 4.74 Å². The van der Waals surface area contributed by atoms with Gasteiger partial charge in [-0.3, -0.25) is 9.78 Å². The highest BCUT2D eigenvalue weighted by Crippen LogP contribution is 2.33. The van der Waals surface area contributed by atoms with Gasteiger partial charge in [-0.05, 0) is 24.3 Å². The van der Waals surface area contributed by atoms with E-state index in [2.05, 4.69) is 20.8 Å². The van der Waals surface area contributed by atoms with Crippen LogP contribution < -0.4 is 15.5 Å². The van der Waals surface area contributed by atoms with E-state index in [1.165, 1.54) is 0 Å². The second-order valence-corrected chi connectivity index (χ2v) is 5.32. The molecule has 0 saturated heterocycles. The molecule has 0 aliphatic carbocycles. The number of hydrazone groups is 1. The molecule has 4 rings (SSSR count). The number of ether oxygens (including phenoxy) is 1. The van der Waals surface area contributed by atoms with Crippen LogP contribution in [0.2, 0.25) is 0 Å². The largest absolute Gasteiger partial charge is 0.492 e. The van der Waals surface area contributed by atoms with Crippen molar-refractivity contribution in [3.63, 3.8) is 0 Å². The Morgan fingerprint density at radius 2 is 2.05 bits per heavy atom. The van der Waals surface area contributed by atoms with E-state index in [0.29, 0.717) is 13.0 Å². The quantitative estimate of drug-likeness (QED) is 0.889. The summed E-state index contributed by atoms with van der Waals surface area (Å²) in [6.07, 6.45) is 3.90. The summed E-state index contributed by atoms with van der Waals surface area (Å²) in [5, 5.41) is 7.50. The van der Waals surface area contributed by atoms with E-state index in [0.717, 1.165) is 28.4 Å². The fourth-order valence-electron chi connectivity index (χ4n) is 2.72. The number of nitrogens with zero attached hydrogens (tertiary/aromatic N) is 2. The average Bonchev–Trinajstić information content (AvgIpc) is 2.55. The Morgan fingerprint density at radius 1 is 1.18 bits per heavy atom. The number of rotatable bonds is 2. The molecule has 1 aromatic heterocycles. The van der Waals surface area contributed by atoms with Crippen molar-refractivity contribution in [2.24, 2.45) is 11.0 Å². The lowest BCUT2D eigenvalue weighted by atomic mass is 9.90. The first-order chi connectivity index (χ1) is 10.8. The van der Waals surface area contributed by atoms with Crippen LogP contribution in [0.4, 0.5) is 11.4 Å². The highest BCUT2D eigenvalue weighted by atomic mass is 16.5. The summed E-state index contributed by atoms with van der Waals surface area (Å²) >= 11 is 0. The fraction of sp³-hybridized carbons (Fsp3) is 0.188. The molecule has 2 N–H and O–H groups in total. The minimum absolute atomic E-state index is 0.0419. The Balaban J connectivity index is 1.64. The maximum absolute atomic E-state index is 11.4. The third-order valence-corrected chi connectivity index (χ3v) is 3.79. The van der Waals surface area contributed by atoms with Gasteiger partial charge >= 0.3 is 0 Å². The minimum atomic E-state index is -0.0585. The van der Waals surface area contributed by atoms with Crippen molar-refractivity contribution < 1.29 is 9.53 Å². The maximum atomic E-state index is 11.4. The van der Waals surface area contributed by atoms with Crippen LogP contribution in [0.15, 0.2) is 47.8 Å². The Hall–Kier alpha value is -2.89. The predicted octanol–water partition coefficient (Wildman–Crippen LogP) is 2.06. The standard InChI is InChI=1S/C16H14N4O2/c21-15-7-10-9-22-14-8-12(18-11-3-5-17-6-4-11)1-2-13(14)16(10)20-19-15/h1-6,8,10H,7,9H2,(H,17,18)(H,19,21). The molecule has 0 fully saturated rings. The number of carbonyl (C=O) groups is 1. The van der Waals surface area contributed by atoms with Gasteiger partial charge in [0.2, 0.25) is 5.91 Å². The van der Waals surface area contributed by atoms with E-state index >= 15 is 0 Å². The van der Waals surface area contributed by atoms with Gasteiger partial charge < -0.3 is 10.1 Å². The van der Waals surface area contributed by atoms with Crippen LogP contribution in [0.25, 0.3) is 0 Å². The molecule has 6 nitrogen and oxygen atoms in total. The number of nitrogens with one attached hydrogen (secondary N) is 2. The van der Waals surface area contributed by atoms with Crippen molar-refractivity contribution in [3.8, 4) is 5.75 Å². The number of carbonyl (C=O) groups excluding carboxylic acids is 1. The molecule has 0 saturated carbocycles. The van der Waals surface area contributed by atoms with Crippen LogP contribution in [-0.4, -0.2) is 23.2 Å². The molecule has 2 aliphatic heterocycles. The van der Waals surface area contributed by atoms with Gasteiger partial charge in [-0.1, -0.05) is 0 Å². The average molecular weight is 294 g/mol. The molecule has 1 aromatic carbocycles. The molecule has 2 aromatic rings. The van der Waals surface area contributed by atoms with Crippen LogP contribution in [0, 0.1) is 5.92 Å². The van der Waals surface area contributed by atoms with E-state index < -0.39 is 0 Å². The summed E-state index contributed by atoms with van der Waals surface area (Å²) in [5.41, 5.74) is 6.29. The summed E-state index contributed by atoms with van der Waals surface area (Å²) < 4.78 is 5.81. The molecular formula is C16H14N4O2. The minimum Gasteiger partial charge on any atom is -0.492 e. The third kappa shape index (κ3) is 2.28. The van der Waals surface area contributed by atoms with Crippen molar-refractivity contribution in [1.82, 2.24) is 10.4 Å². The number of fused-ring (bicyclic) bond motifs is 3. The lowest BCUT2D eigenvalue weighted by molar-refractivity contribution is -0.122. The normalized spacial score (nSPS) is 19.2. The number of hydrogen-bond acceptors (Lipinski definition) is 5. The summed E-state index contributed by atoms with van der Waals surface area (Å²) in [6.45, 7) is 0.484. The van der Waals surface area contributed by atoms with Crippen LogP contribution in [-0.2, 0) is 4.79 Å². The first-order valence-electron chi connectivity index (χ1n) is 7.10. The lowest BCUT2D eigenvalue weighted by Gasteiger charge is -2.29. The van der Waals surface area contributed by atoms with Gasteiger partial charge in [0.15, 0.2) is 0 Å². The molecule has 22 heavy (non-hydrogen) atoms. The zero-order chi connectivity index (χ0) is 14.9. The summed E-state index contributed by atoms with van der Waals surface area (Å²) in [5.74, 6) is 0.766. The second-order valence-electron chi connectivity index (χ2n) is 5.32. The number of anilines is 2. The van der Waals surface area contributed by atoms with E-state index in [1.54, 1.807) is 12.4 Å². The number of aromatic nitrogens is 1. The van der Waals surface area contributed by atoms with Gasteiger partial charge in [0.1, 0.15) is 5.75 Å². The lowest BCUT2D eigenvalue weighted by Crippen LogP contribution is -2.39. The van der Waals surface area contributed by atoms with Crippen molar-refractivity contribution >= 4 is 23.0 Å². The number of benzene rings is 1. The molecule has 0 bridgehead atoms. The zero-order valence-corrected chi connectivity index (χ0v) is 11.7. The molecule has 0 spiro atoms. The molecule has 110 valence electrons. The molecule has 1 unspecified atom stereocenters. The molecule has 1 amide bonds. The first-order valence-corrected chi connectivity index (χ1v) is 7.10. The fourth-order valence-corrected chi connectivity index (χ4v) is 2.72. The zero-order valence-electron chi connectivity index (χ0n) is 11.7. The number of amides is 1. The topological polar surface area (TPSA) is 75.6 Å². The van der Waals surface area contributed by atoms with Gasteiger partial charge in [-0.15, -0.1) is 0 Å². The summed E-state index contributed by atoms with van der Waals surface area (Å²) in [6, 6.07) is 9.70. The molecule has 3 heterocycles. The monoisotopic (exact) mass is 294 g/mol. The van der Waals surface area contributed by atoms with Crippen molar-refractivity contribution in [2.75, 3.05) is 11.9 Å². The van der Waals surface area contributed by atoms with E-state index in [9.17, 15) is 4.79 Å². The van der Waals surface area contributed by atoms with E-state index in [-0.39, 0.29) is 11.8 Å². The van der Waals surface area contributed by atoms with E-state index in [1.807, 2.05) is 30.3 Å². The third-order valence-electron chi connectivity index (χ3n) is 3.79. The SMILES string of the molecule is O=C1CC2COc3cc(Nc4ccncc4)ccc3C2=NN1. The van der Waals surface area contributed by atoms with Crippen LogP contribution >= 0.6 is 0 Å². The first kappa shape index (κ1) is 12.8. The van der Waals surface area contributed by atoms with Crippen molar-refractivity contribution in [3.05, 3.63) is 48.3 Å². The number of pyridine rings is 1. The van der Waals surface area contributed by atoms with Crippen LogP contribution in [0.1, 0.15) is 12.0 Å². The molecule has 1 atom stereocenters. The van der Waals surface area contributed by atoms with Gasteiger partial charge in [0, 0.05) is 47.7 Å². The van der Waals surface area contributed by atoms with Gasteiger partial charge in [-0.25, -0.2) is 5.43 Å². The highest BCUT2D eigenvalue weighted by Gasteiger charge is 2.31. The summed E-state index contributed by atoms with van der Waals surface area (Å²) in [7, 11) is 0. The summed E-state index contributed by atoms with van der Waals surface area (Å²) in [4.78, 5) is 15.4. The van der Waals surface area contributed by atoms with Gasteiger partial charge in [0.05, 0.1) is 12.3 Å². The Morgan fingerprint density at radius 3 is 2.91 bits per heavy atom. The molecular weight excluding hydrogens is 280 g/mol. The predicted molar refractivity (Wildman–Crippen MR) is 82.2 cm³/mol. The second kappa shape index (κ2) is 5.14. The maximum Gasteiger partial charge on any atom is 0.240 e. The number of hydrogen-bond donors (Lipinski definition) is 2. The van der Waals surface area contributed by atoms with Crippen molar-refractivity contribution in [1.29, 1.82) is 0 Å². The van der Waals surface area contributed by atoms with Crippen molar-refractivity contribution in [2.45, 2.75) is 6.42 Å². The Bertz CT molecular complexity index is 758. The van der Waals surface area contributed by atoms with Gasteiger partial charge in [-0.2, -0.15) is 5.10 Å². The highest BCUT2D eigenvalue weighted by molar-refractivity contribution is 6.08. The van der Waals surface area contributed by atoms with Crippen LogP contribution in [0.5, 0.6) is 5.75 Å². The smallest absolute Gasteiger partial charge is 0.240 e. The molecule has 6 heteroatoms. The molecule has 0 radical (unpaired) electrons. The Labute approximate surface area is 127 Å². The Kier molecular flexibility index (Phi) is 3.00.